The molecule has 1 aromatic rings. The Labute approximate surface area is 64.7 Å². The minimum Gasteiger partial charge on any atom is -0.365 e. The predicted molar refractivity (Wildman–Crippen MR) is 40.7 cm³/mol. The summed E-state index contributed by atoms with van der Waals surface area (Å²) in [7, 11) is 0. The number of aromatic nitrogens is 2. The summed E-state index contributed by atoms with van der Waals surface area (Å²) in [6.45, 7) is 3.84. The van der Waals surface area contributed by atoms with Gasteiger partial charge in [-0.15, -0.1) is 0 Å². The molecule has 0 saturated heterocycles. The van der Waals surface area contributed by atoms with Crippen molar-refractivity contribution < 1.29 is 4.39 Å². The molecule has 0 spiro atoms. The van der Waals surface area contributed by atoms with Gasteiger partial charge in [0.15, 0.2) is 11.6 Å². The number of anilines is 1. The van der Waals surface area contributed by atoms with Crippen molar-refractivity contribution in [2.75, 3.05) is 5.32 Å². The maximum absolute atomic E-state index is 12.8. The van der Waals surface area contributed by atoms with Gasteiger partial charge in [-0.3, -0.25) is 0 Å². The zero-order valence-electron chi connectivity index (χ0n) is 6.50. The standard InChI is InChI=1S/C7H10FN3/c1-5(2)11-7-6(8)3-9-4-10-7/h3-5H,1-2H3,(H,9,10,11). The van der Waals surface area contributed by atoms with Crippen LogP contribution in [-0.2, 0) is 0 Å². The number of hydrogen-bond donors (Lipinski definition) is 1. The molecule has 0 unspecified atom stereocenters. The molecule has 11 heavy (non-hydrogen) atoms. The highest BCUT2D eigenvalue weighted by molar-refractivity contribution is 5.34. The average Bonchev–Trinajstić information content (AvgIpc) is 1.93. The Bertz CT molecular complexity index is 237. The maximum Gasteiger partial charge on any atom is 0.183 e. The molecule has 0 aromatic carbocycles. The first-order valence-corrected chi connectivity index (χ1v) is 3.42. The molecule has 0 aliphatic rings. The lowest BCUT2D eigenvalue weighted by molar-refractivity contribution is 0.614. The lowest BCUT2D eigenvalue weighted by atomic mass is 10.4. The van der Waals surface area contributed by atoms with Gasteiger partial charge in [-0.1, -0.05) is 0 Å². The molecule has 0 saturated carbocycles. The van der Waals surface area contributed by atoms with Crippen molar-refractivity contribution in [3.05, 3.63) is 18.3 Å². The van der Waals surface area contributed by atoms with E-state index in [1.54, 1.807) is 0 Å². The fourth-order valence-corrected chi connectivity index (χ4v) is 0.692. The Balaban J connectivity index is 2.78. The molecule has 0 bridgehead atoms. The van der Waals surface area contributed by atoms with Crippen LogP contribution in [0.2, 0.25) is 0 Å². The Hall–Kier alpha value is -1.19. The van der Waals surface area contributed by atoms with Crippen LogP contribution in [0.3, 0.4) is 0 Å². The molecular formula is C7H10FN3. The fraction of sp³-hybridized carbons (Fsp3) is 0.429. The molecule has 0 amide bonds. The summed E-state index contributed by atoms with van der Waals surface area (Å²) in [4.78, 5) is 7.25. The number of hydrogen-bond acceptors (Lipinski definition) is 3. The van der Waals surface area contributed by atoms with Gasteiger partial charge in [-0.2, -0.15) is 0 Å². The van der Waals surface area contributed by atoms with E-state index in [0.717, 1.165) is 6.20 Å². The first-order valence-electron chi connectivity index (χ1n) is 3.42. The second-order valence-corrected chi connectivity index (χ2v) is 2.52. The number of rotatable bonds is 2. The van der Waals surface area contributed by atoms with E-state index in [-0.39, 0.29) is 11.9 Å². The Morgan fingerprint density at radius 1 is 1.55 bits per heavy atom. The summed E-state index contributed by atoms with van der Waals surface area (Å²) in [5.74, 6) is -0.156. The van der Waals surface area contributed by atoms with Gasteiger partial charge in [-0.25, -0.2) is 14.4 Å². The smallest absolute Gasteiger partial charge is 0.183 e. The molecule has 1 aromatic heterocycles. The summed E-state index contributed by atoms with van der Waals surface area (Å²) in [5, 5.41) is 2.85. The largest absolute Gasteiger partial charge is 0.365 e. The third kappa shape index (κ3) is 2.14. The topological polar surface area (TPSA) is 37.8 Å². The van der Waals surface area contributed by atoms with Crippen molar-refractivity contribution in [3.63, 3.8) is 0 Å². The number of nitrogens with zero attached hydrogens (tertiary/aromatic N) is 2. The van der Waals surface area contributed by atoms with E-state index >= 15 is 0 Å². The molecular weight excluding hydrogens is 145 g/mol. The van der Waals surface area contributed by atoms with E-state index in [4.69, 9.17) is 0 Å². The highest BCUT2D eigenvalue weighted by Gasteiger charge is 2.02. The molecule has 1 rings (SSSR count). The zero-order valence-corrected chi connectivity index (χ0v) is 6.50. The maximum atomic E-state index is 12.8. The van der Waals surface area contributed by atoms with Crippen LogP contribution in [0.25, 0.3) is 0 Å². The van der Waals surface area contributed by atoms with Crippen molar-refractivity contribution in [3.8, 4) is 0 Å². The Kier molecular flexibility index (Phi) is 2.36. The summed E-state index contributed by atoms with van der Waals surface area (Å²) in [6.07, 6.45) is 2.45. The van der Waals surface area contributed by atoms with Gasteiger partial charge < -0.3 is 5.32 Å². The van der Waals surface area contributed by atoms with Crippen LogP contribution in [0.1, 0.15) is 13.8 Å². The minimum atomic E-state index is -0.416. The molecule has 1 heterocycles. The van der Waals surface area contributed by atoms with Gasteiger partial charge in [0.1, 0.15) is 6.33 Å². The molecule has 4 heteroatoms. The van der Waals surface area contributed by atoms with Crippen LogP contribution in [0.5, 0.6) is 0 Å². The normalized spacial score (nSPS) is 10.2. The van der Waals surface area contributed by atoms with Crippen molar-refractivity contribution >= 4 is 5.82 Å². The zero-order chi connectivity index (χ0) is 8.27. The second-order valence-electron chi connectivity index (χ2n) is 2.52. The van der Waals surface area contributed by atoms with E-state index < -0.39 is 5.82 Å². The van der Waals surface area contributed by atoms with Gasteiger partial charge in [0.2, 0.25) is 0 Å². The summed E-state index contributed by atoms with van der Waals surface area (Å²) >= 11 is 0. The molecule has 0 aliphatic carbocycles. The third-order valence-electron chi connectivity index (χ3n) is 1.09. The van der Waals surface area contributed by atoms with Crippen molar-refractivity contribution in [2.45, 2.75) is 19.9 Å². The van der Waals surface area contributed by atoms with Crippen LogP contribution in [0.15, 0.2) is 12.5 Å². The van der Waals surface area contributed by atoms with E-state index in [0.29, 0.717) is 0 Å². The molecule has 60 valence electrons. The molecule has 1 N–H and O–H groups in total. The Morgan fingerprint density at radius 3 is 2.82 bits per heavy atom. The highest BCUT2D eigenvalue weighted by atomic mass is 19.1. The van der Waals surface area contributed by atoms with Crippen LogP contribution in [-0.4, -0.2) is 16.0 Å². The first kappa shape index (κ1) is 7.91. The van der Waals surface area contributed by atoms with Crippen LogP contribution < -0.4 is 5.32 Å². The second kappa shape index (κ2) is 3.27. The Morgan fingerprint density at radius 2 is 2.27 bits per heavy atom. The van der Waals surface area contributed by atoms with Crippen molar-refractivity contribution in [1.29, 1.82) is 0 Å². The fourth-order valence-electron chi connectivity index (χ4n) is 0.692. The first-order chi connectivity index (χ1) is 5.20. The third-order valence-corrected chi connectivity index (χ3v) is 1.09. The van der Waals surface area contributed by atoms with Crippen molar-refractivity contribution in [2.24, 2.45) is 0 Å². The molecule has 0 aliphatic heterocycles. The summed E-state index contributed by atoms with van der Waals surface area (Å²) < 4.78 is 12.8. The summed E-state index contributed by atoms with van der Waals surface area (Å²) in [6, 6.07) is 0.180. The molecule has 0 fully saturated rings. The van der Waals surface area contributed by atoms with Gasteiger partial charge >= 0.3 is 0 Å². The molecule has 3 nitrogen and oxygen atoms in total. The molecule has 0 atom stereocenters. The lowest BCUT2D eigenvalue weighted by Gasteiger charge is -2.07. The highest BCUT2D eigenvalue weighted by Crippen LogP contribution is 2.07. The van der Waals surface area contributed by atoms with Gasteiger partial charge in [-0.05, 0) is 13.8 Å². The van der Waals surface area contributed by atoms with E-state index in [9.17, 15) is 4.39 Å². The summed E-state index contributed by atoms with van der Waals surface area (Å²) in [5.41, 5.74) is 0. The van der Waals surface area contributed by atoms with E-state index in [1.165, 1.54) is 6.33 Å². The quantitative estimate of drug-likeness (QED) is 0.702. The minimum absolute atomic E-state index is 0.180. The number of halogens is 1. The van der Waals surface area contributed by atoms with Gasteiger partial charge in [0, 0.05) is 6.04 Å². The van der Waals surface area contributed by atoms with Gasteiger partial charge in [0.25, 0.3) is 0 Å². The van der Waals surface area contributed by atoms with Crippen molar-refractivity contribution in [1.82, 2.24) is 9.97 Å². The van der Waals surface area contributed by atoms with Crippen LogP contribution >= 0.6 is 0 Å². The number of nitrogens with one attached hydrogen (secondary N) is 1. The predicted octanol–water partition coefficient (Wildman–Crippen LogP) is 1.44. The lowest BCUT2D eigenvalue weighted by Crippen LogP contribution is -2.12. The van der Waals surface area contributed by atoms with Crippen LogP contribution in [0.4, 0.5) is 10.2 Å². The van der Waals surface area contributed by atoms with Crippen LogP contribution in [0, 0.1) is 5.82 Å². The average molecular weight is 155 g/mol. The SMILES string of the molecule is CC(C)Nc1ncncc1F. The monoisotopic (exact) mass is 155 g/mol. The van der Waals surface area contributed by atoms with E-state index in [2.05, 4.69) is 15.3 Å². The molecule has 0 radical (unpaired) electrons. The van der Waals surface area contributed by atoms with Gasteiger partial charge in [0.05, 0.1) is 6.20 Å². The van der Waals surface area contributed by atoms with E-state index in [1.807, 2.05) is 13.8 Å².